The Kier molecular flexibility index (Phi) is 4.87. The van der Waals surface area contributed by atoms with Gasteiger partial charge >= 0.3 is 0 Å². The zero-order valence-electron chi connectivity index (χ0n) is 13.6. The lowest BCUT2D eigenvalue weighted by Crippen LogP contribution is -2.31. The second kappa shape index (κ2) is 6.89. The Balaban J connectivity index is 1.79. The van der Waals surface area contributed by atoms with Gasteiger partial charge in [-0.3, -0.25) is 4.79 Å². The average Bonchev–Trinajstić information content (AvgIpc) is 3.15. The Morgan fingerprint density at radius 1 is 1.26 bits per heavy atom. The quantitative estimate of drug-likeness (QED) is 0.890. The number of likely N-dealkylation sites (tertiary alicyclic amines) is 1. The Labute approximate surface area is 145 Å². The maximum Gasteiger partial charge on any atom is 0.270 e. The van der Waals surface area contributed by atoms with Gasteiger partial charge in [0.15, 0.2) is 0 Å². The molecule has 23 heavy (non-hydrogen) atoms. The van der Waals surface area contributed by atoms with Gasteiger partial charge in [-0.25, -0.2) is 0 Å². The Morgan fingerprint density at radius 2 is 2.00 bits per heavy atom. The normalized spacial score (nSPS) is 17.7. The maximum atomic E-state index is 12.8. The molecule has 1 saturated heterocycles. The number of aromatic nitrogens is 1. The van der Waals surface area contributed by atoms with Gasteiger partial charge in [0.05, 0.1) is 0 Å². The lowest BCUT2D eigenvalue weighted by Gasteiger charge is -2.17. The van der Waals surface area contributed by atoms with E-state index in [-0.39, 0.29) is 5.91 Å². The van der Waals surface area contributed by atoms with E-state index < -0.39 is 0 Å². The van der Waals surface area contributed by atoms with Crippen molar-refractivity contribution >= 4 is 21.8 Å². The van der Waals surface area contributed by atoms with Crippen LogP contribution in [0.3, 0.4) is 0 Å². The molecular formula is C18H22BrN3O. The van der Waals surface area contributed by atoms with Crippen molar-refractivity contribution in [3.63, 3.8) is 0 Å². The summed E-state index contributed by atoms with van der Waals surface area (Å²) in [4.78, 5) is 14.8. The van der Waals surface area contributed by atoms with Crippen LogP contribution in [0.4, 0.5) is 0 Å². The van der Waals surface area contributed by atoms with E-state index >= 15 is 0 Å². The molecule has 0 unspecified atom stereocenters. The summed E-state index contributed by atoms with van der Waals surface area (Å²) in [6, 6.07) is 12.1. The maximum absolute atomic E-state index is 12.8. The third kappa shape index (κ3) is 3.35. The van der Waals surface area contributed by atoms with Crippen LogP contribution < -0.4 is 5.32 Å². The van der Waals surface area contributed by atoms with Gasteiger partial charge in [0.1, 0.15) is 5.69 Å². The Bertz CT molecular complexity index is 693. The largest absolute Gasteiger partial charge is 0.340 e. The van der Waals surface area contributed by atoms with E-state index in [1.165, 1.54) is 0 Å². The van der Waals surface area contributed by atoms with E-state index in [9.17, 15) is 4.79 Å². The van der Waals surface area contributed by atoms with Crippen LogP contribution in [-0.4, -0.2) is 42.1 Å². The first kappa shape index (κ1) is 16.3. The first-order valence-electron chi connectivity index (χ1n) is 7.95. The molecule has 0 spiro atoms. The number of hydrogen-bond acceptors (Lipinski definition) is 2. The molecule has 0 saturated carbocycles. The van der Waals surface area contributed by atoms with E-state index in [4.69, 9.17) is 0 Å². The fraction of sp³-hybridized carbons (Fsp3) is 0.389. The smallest absolute Gasteiger partial charge is 0.270 e. The minimum absolute atomic E-state index is 0.134. The zero-order valence-corrected chi connectivity index (χ0v) is 15.1. The van der Waals surface area contributed by atoms with Crippen LogP contribution in [0, 0.1) is 5.92 Å². The molecule has 0 aliphatic carbocycles. The highest BCUT2D eigenvalue weighted by Gasteiger charge is 2.28. The fourth-order valence-corrected chi connectivity index (χ4v) is 3.54. The highest BCUT2D eigenvalue weighted by Crippen LogP contribution is 2.25. The van der Waals surface area contributed by atoms with Gasteiger partial charge < -0.3 is 14.8 Å². The standard InChI is InChI=1S/C18H22BrN3O/c1-20-11-13-9-10-22(12-13)18(23)17-8-7-16(21(17)2)14-3-5-15(19)6-4-14/h3-8,13,20H,9-12H2,1-2H3/t13-/m0/s1. The number of hydrogen-bond donors (Lipinski definition) is 1. The fourth-order valence-electron chi connectivity index (χ4n) is 3.27. The van der Waals surface area contributed by atoms with Gasteiger partial charge in [0, 0.05) is 30.3 Å². The summed E-state index contributed by atoms with van der Waals surface area (Å²) in [6.45, 7) is 2.67. The van der Waals surface area contributed by atoms with Crippen LogP contribution in [-0.2, 0) is 7.05 Å². The van der Waals surface area contributed by atoms with Crippen molar-refractivity contribution in [2.24, 2.45) is 13.0 Å². The predicted octanol–water partition coefficient (Wildman–Crippen LogP) is 3.14. The predicted molar refractivity (Wildman–Crippen MR) is 96.5 cm³/mol. The summed E-state index contributed by atoms with van der Waals surface area (Å²) in [5.41, 5.74) is 2.93. The molecule has 1 aliphatic heterocycles. The number of benzene rings is 1. The van der Waals surface area contributed by atoms with Crippen molar-refractivity contribution < 1.29 is 4.79 Å². The van der Waals surface area contributed by atoms with Crippen LogP contribution >= 0.6 is 15.9 Å². The van der Waals surface area contributed by atoms with Crippen molar-refractivity contribution in [1.29, 1.82) is 0 Å². The third-order valence-electron chi connectivity index (χ3n) is 4.55. The van der Waals surface area contributed by atoms with Crippen LogP contribution in [0.25, 0.3) is 11.3 Å². The number of rotatable bonds is 4. The number of nitrogens with zero attached hydrogens (tertiary/aromatic N) is 2. The van der Waals surface area contributed by atoms with Crippen molar-refractivity contribution in [1.82, 2.24) is 14.8 Å². The molecule has 1 atom stereocenters. The summed E-state index contributed by atoms with van der Waals surface area (Å²) in [5, 5.41) is 3.20. The summed E-state index contributed by atoms with van der Waals surface area (Å²) in [5.74, 6) is 0.699. The molecule has 1 aromatic heterocycles. The zero-order chi connectivity index (χ0) is 16.4. The summed E-state index contributed by atoms with van der Waals surface area (Å²) in [7, 11) is 3.93. The average molecular weight is 376 g/mol. The molecule has 1 aromatic carbocycles. The molecule has 122 valence electrons. The van der Waals surface area contributed by atoms with Gasteiger partial charge in [-0.2, -0.15) is 0 Å². The lowest BCUT2D eigenvalue weighted by atomic mass is 10.1. The van der Waals surface area contributed by atoms with Gasteiger partial charge in [-0.15, -0.1) is 0 Å². The molecule has 3 rings (SSSR count). The molecule has 1 fully saturated rings. The topological polar surface area (TPSA) is 37.3 Å². The van der Waals surface area contributed by atoms with Crippen molar-refractivity contribution in [3.05, 3.63) is 46.6 Å². The number of halogens is 1. The van der Waals surface area contributed by atoms with Crippen molar-refractivity contribution in [2.45, 2.75) is 6.42 Å². The van der Waals surface area contributed by atoms with Gasteiger partial charge in [-0.1, -0.05) is 28.1 Å². The SMILES string of the molecule is CNC[C@@H]1CCN(C(=O)c2ccc(-c3ccc(Br)cc3)n2C)C1. The van der Waals surface area contributed by atoms with E-state index in [0.29, 0.717) is 5.92 Å². The first-order valence-corrected chi connectivity index (χ1v) is 8.75. The van der Waals surface area contributed by atoms with Crippen LogP contribution in [0.5, 0.6) is 0 Å². The number of nitrogens with one attached hydrogen (secondary N) is 1. The number of carbonyl (C=O) groups excluding carboxylic acids is 1. The highest BCUT2D eigenvalue weighted by atomic mass is 79.9. The lowest BCUT2D eigenvalue weighted by molar-refractivity contribution is 0.0778. The van der Waals surface area contributed by atoms with E-state index in [0.717, 1.165) is 47.5 Å². The van der Waals surface area contributed by atoms with Crippen molar-refractivity contribution in [2.75, 3.05) is 26.7 Å². The molecule has 0 radical (unpaired) electrons. The van der Waals surface area contributed by atoms with Gasteiger partial charge in [0.25, 0.3) is 5.91 Å². The summed E-state index contributed by atoms with van der Waals surface area (Å²) in [6.07, 6.45) is 1.08. The molecule has 1 amide bonds. The van der Waals surface area contributed by atoms with E-state index in [1.54, 1.807) is 0 Å². The minimum atomic E-state index is 0.134. The Hall–Kier alpha value is -1.59. The van der Waals surface area contributed by atoms with Crippen LogP contribution in [0.1, 0.15) is 16.9 Å². The summed E-state index contributed by atoms with van der Waals surface area (Å²) < 4.78 is 3.05. The number of carbonyl (C=O) groups is 1. The van der Waals surface area contributed by atoms with E-state index in [1.807, 2.05) is 47.8 Å². The van der Waals surface area contributed by atoms with E-state index in [2.05, 4.69) is 33.4 Å². The van der Waals surface area contributed by atoms with Crippen molar-refractivity contribution in [3.8, 4) is 11.3 Å². The molecule has 0 bridgehead atoms. The Morgan fingerprint density at radius 3 is 2.70 bits per heavy atom. The molecule has 2 heterocycles. The molecule has 4 nitrogen and oxygen atoms in total. The van der Waals surface area contributed by atoms with Crippen LogP contribution in [0.15, 0.2) is 40.9 Å². The second-order valence-electron chi connectivity index (χ2n) is 6.13. The minimum Gasteiger partial charge on any atom is -0.340 e. The molecular weight excluding hydrogens is 354 g/mol. The number of amides is 1. The van der Waals surface area contributed by atoms with Gasteiger partial charge in [-0.05, 0) is 55.8 Å². The summed E-state index contributed by atoms with van der Waals surface area (Å²) >= 11 is 3.46. The molecule has 1 N–H and O–H groups in total. The third-order valence-corrected chi connectivity index (χ3v) is 5.08. The molecule has 2 aromatic rings. The molecule has 1 aliphatic rings. The van der Waals surface area contributed by atoms with Gasteiger partial charge in [0.2, 0.25) is 0 Å². The monoisotopic (exact) mass is 375 g/mol. The highest BCUT2D eigenvalue weighted by molar-refractivity contribution is 9.10. The molecule has 5 heteroatoms. The second-order valence-corrected chi connectivity index (χ2v) is 7.05. The van der Waals surface area contributed by atoms with Crippen LogP contribution in [0.2, 0.25) is 0 Å². The first-order chi connectivity index (χ1) is 11.1.